The zero-order valence-electron chi connectivity index (χ0n) is 6.97. The molecule has 2 N–H and O–H groups in total. The first-order valence-electron chi connectivity index (χ1n) is 4.05. The smallest absolute Gasteiger partial charge is 0.243 e. The number of hydroxylamine groups is 1. The molecule has 0 rings (SSSR count). The minimum absolute atomic E-state index is 0.296. The summed E-state index contributed by atoms with van der Waals surface area (Å²) in [5.74, 6) is -0.296. The van der Waals surface area contributed by atoms with Gasteiger partial charge < -0.3 is 0 Å². The maximum absolute atomic E-state index is 10.5. The van der Waals surface area contributed by atoms with Crippen LogP contribution in [-0.2, 0) is 4.79 Å². The van der Waals surface area contributed by atoms with Gasteiger partial charge in [-0.1, -0.05) is 19.8 Å². The molecule has 0 aliphatic carbocycles. The van der Waals surface area contributed by atoms with Crippen LogP contribution >= 0.6 is 0 Å². The van der Waals surface area contributed by atoms with Gasteiger partial charge >= 0.3 is 0 Å². The third-order valence-corrected chi connectivity index (χ3v) is 1.43. The lowest BCUT2D eigenvalue weighted by molar-refractivity contribution is -0.129. The fourth-order valence-electron chi connectivity index (χ4n) is 0.811. The number of unbranched alkanes of at least 4 members (excludes halogenated alkanes) is 4. The quantitative estimate of drug-likeness (QED) is 0.351. The summed E-state index contributed by atoms with van der Waals surface area (Å²) >= 11 is 0. The highest BCUT2D eigenvalue weighted by Gasteiger charge is 1.97. The van der Waals surface area contributed by atoms with Gasteiger partial charge in [0.05, 0.1) is 0 Å². The van der Waals surface area contributed by atoms with Gasteiger partial charge in [0.15, 0.2) is 0 Å². The van der Waals surface area contributed by atoms with Gasteiger partial charge in [0, 0.05) is 6.42 Å². The van der Waals surface area contributed by atoms with Crippen LogP contribution in [0.5, 0.6) is 0 Å². The van der Waals surface area contributed by atoms with Crippen molar-refractivity contribution in [2.24, 2.45) is 0 Å². The van der Waals surface area contributed by atoms with Crippen molar-refractivity contribution >= 4 is 5.91 Å². The van der Waals surface area contributed by atoms with Gasteiger partial charge in [0.25, 0.3) is 0 Å². The van der Waals surface area contributed by atoms with E-state index in [1.807, 2.05) is 0 Å². The average molecular weight is 158 g/mol. The van der Waals surface area contributed by atoms with E-state index in [0.29, 0.717) is 6.42 Å². The van der Waals surface area contributed by atoms with Crippen LogP contribution in [0.2, 0.25) is 0 Å². The largest absolute Gasteiger partial charge is 0.289 e. The molecule has 0 unspecified atom stereocenters. The molecule has 0 bridgehead atoms. The summed E-state index contributed by atoms with van der Waals surface area (Å²) in [5, 5.41) is 8.13. The Hall–Kier alpha value is -0.570. The van der Waals surface area contributed by atoms with Crippen LogP contribution in [0.1, 0.15) is 39.0 Å². The number of nitrogens with one attached hydrogen (secondary N) is 1. The van der Waals surface area contributed by atoms with Crippen molar-refractivity contribution < 1.29 is 10.0 Å². The van der Waals surface area contributed by atoms with Crippen molar-refractivity contribution in [1.82, 2.24) is 5.48 Å². The summed E-state index contributed by atoms with van der Waals surface area (Å²) in [7, 11) is 0. The number of amides is 1. The fourth-order valence-corrected chi connectivity index (χ4v) is 0.811. The molecular weight excluding hydrogens is 142 g/mol. The predicted octanol–water partition coefficient (Wildman–Crippen LogP) is 1.67. The summed E-state index contributed by atoms with van der Waals surface area (Å²) in [6, 6.07) is 0. The van der Waals surface area contributed by atoms with Crippen LogP contribution in [-0.4, -0.2) is 11.1 Å². The van der Waals surface area contributed by atoms with E-state index in [1.54, 1.807) is 5.48 Å². The van der Waals surface area contributed by atoms with Gasteiger partial charge in [-0.05, 0) is 19.3 Å². The molecule has 3 nitrogen and oxygen atoms in total. The number of hydrogen-bond donors (Lipinski definition) is 2. The summed E-state index contributed by atoms with van der Waals surface area (Å²) in [6.45, 7) is 2.12. The Morgan fingerprint density at radius 1 is 1.55 bits per heavy atom. The molecule has 0 saturated carbocycles. The van der Waals surface area contributed by atoms with E-state index >= 15 is 0 Å². The van der Waals surface area contributed by atoms with Crippen molar-refractivity contribution in [2.45, 2.75) is 39.0 Å². The summed E-state index contributed by atoms with van der Waals surface area (Å²) in [6.07, 6.45) is 6.64. The highest BCUT2D eigenvalue weighted by atomic mass is 16.5. The van der Waals surface area contributed by atoms with E-state index in [0.717, 1.165) is 25.7 Å². The van der Waals surface area contributed by atoms with Crippen molar-refractivity contribution in [2.75, 3.05) is 0 Å². The van der Waals surface area contributed by atoms with Gasteiger partial charge in [-0.3, -0.25) is 10.0 Å². The lowest BCUT2D eigenvalue weighted by Crippen LogP contribution is -2.17. The molecule has 0 aromatic heterocycles. The van der Waals surface area contributed by atoms with Crippen molar-refractivity contribution in [3.05, 3.63) is 6.42 Å². The summed E-state index contributed by atoms with van der Waals surface area (Å²) in [4.78, 5) is 10.5. The molecule has 1 radical (unpaired) electrons. The van der Waals surface area contributed by atoms with E-state index in [-0.39, 0.29) is 5.91 Å². The van der Waals surface area contributed by atoms with Crippen LogP contribution in [0, 0.1) is 6.42 Å². The van der Waals surface area contributed by atoms with Crippen LogP contribution in [0.3, 0.4) is 0 Å². The third kappa shape index (κ3) is 7.33. The minimum atomic E-state index is -0.296. The minimum Gasteiger partial charge on any atom is -0.289 e. The first-order chi connectivity index (χ1) is 5.31. The van der Waals surface area contributed by atoms with Gasteiger partial charge in [-0.2, -0.15) is 0 Å². The fraction of sp³-hybridized carbons (Fsp3) is 0.750. The average Bonchev–Trinajstić information content (AvgIpc) is 2.04. The van der Waals surface area contributed by atoms with Crippen molar-refractivity contribution in [3.8, 4) is 0 Å². The molecule has 1 amide bonds. The zero-order chi connectivity index (χ0) is 8.53. The Bertz CT molecular complexity index is 104. The number of hydrogen-bond acceptors (Lipinski definition) is 2. The second-order valence-electron chi connectivity index (χ2n) is 2.50. The Balaban J connectivity index is 2.95. The predicted molar refractivity (Wildman–Crippen MR) is 43.0 cm³/mol. The first-order valence-corrected chi connectivity index (χ1v) is 4.05. The Kier molecular flexibility index (Phi) is 7.15. The first kappa shape index (κ1) is 10.4. The molecule has 0 fully saturated rings. The summed E-state index contributed by atoms with van der Waals surface area (Å²) in [5.41, 5.74) is 1.60. The maximum atomic E-state index is 10.5. The molecule has 11 heavy (non-hydrogen) atoms. The lowest BCUT2D eigenvalue weighted by atomic mass is 10.1. The Morgan fingerprint density at radius 3 is 2.82 bits per heavy atom. The second kappa shape index (κ2) is 7.54. The summed E-state index contributed by atoms with van der Waals surface area (Å²) < 4.78 is 0. The molecule has 0 heterocycles. The molecule has 0 aromatic rings. The Labute approximate surface area is 67.8 Å². The SMILES string of the molecule is CCC[CH]CCCC(=O)NO. The molecule has 0 spiro atoms. The second-order valence-corrected chi connectivity index (χ2v) is 2.50. The molecule has 0 saturated heterocycles. The lowest BCUT2D eigenvalue weighted by Gasteiger charge is -1.97. The number of carbonyl (C=O) groups excluding carboxylic acids is 1. The van der Waals surface area contributed by atoms with Gasteiger partial charge in [0.2, 0.25) is 5.91 Å². The molecular formula is C8H16NO2. The van der Waals surface area contributed by atoms with E-state index in [9.17, 15) is 4.79 Å². The maximum Gasteiger partial charge on any atom is 0.243 e. The van der Waals surface area contributed by atoms with Crippen LogP contribution < -0.4 is 5.48 Å². The molecule has 3 heteroatoms. The van der Waals surface area contributed by atoms with Gasteiger partial charge in [-0.15, -0.1) is 0 Å². The molecule has 0 aliphatic rings. The zero-order valence-corrected chi connectivity index (χ0v) is 6.97. The van der Waals surface area contributed by atoms with E-state index in [2.05, 4.69) is 13.3 Å². The highest BCUT2D eigenvalue weighted by Crippen LogP contribution is 2.02. The topological polar surface area (TPSA) is 49.3 Å². The van der Waals surface area contributed by atoms with Crippen LogP contribution in [0.25, 0.3) is 0 Å². The van der Waals surface area contributed by atoms with Gasteiger partial charge in [-0.25, -0.2) is 5.48 Å². The van der Waals surface area contributed by atoms with E-state index in [4.69, 9.17) is 5.21 Å². The highest BCUT2D eigenvalue weighted by molar-refractivity contribution is 5.74. The third-order valence-electron chi connectivity index (χ3n) is 1.43. The molecule has 0 atom stereocenters. The van der Waals surface area contributed by atoms with Gasteiger partial charge in [0.1, 0.15) is 0 Å². The van der Waals surface area contributed by atoms with E-state index in [1.165, 1.54) is 0 Å². The normalized spacial score (nSPS) is 9.64. The molecule has 0 aromatic carbocycles. The Morgan fingerprint density at radius 2 is 2.27 bits per heavy atom. The van der Waals surface area contributed by atoms with Crippen LogP contribution in [0.15, 0.2) is 0 Å². The van der Waals surface area contributed by atoms with Crippen LogP contribution in [0.4, 0.5) is 0 Å². The number of rotatable bonds is 6. The van der Waals surface area contributed by atoms with Crippen molar-refractivity contribution in [3.63, 3.8) is 0 Å². The molecule has 0 aliphatic heterocycles. The van der Waals surface area contributed by atoms with E-state index < -0.39 is 0 Å². The monoisotopic (exact) mass is 158 g/mol. The number of carbonyl (C=O) groups is 1. The standard InChI is InChI=1S/C8H16NO2/c1-2-3-4-5-6-7-8(10)9-11/h4,11H,2-3,5-7H2,1H3,(H,9,10). The van der Waals surface area contributed by atoms with Crippen molar-refractivity contribution in [1.29, 1.82) is 0 Å². The molecule has 65 valence electrons.